The standard InChI is InChI=1S/C20H26N10O13P2/c21-15-11-16(24-5-23-15)30(7-25-11)19-13(33)14(43-44(35)36)9(42-19)3-39-45(37,38)40-4-10(41-8(1-31)2-32)29-6-26-12-17(29)27-20(22)28-18(12)34/h5-10,13-14,19,31-33H,1-4H2,(H6-,21,22,23,24,27,28,34,35,36,37,38)/p+1/t9-,10-,13?,14?,19-/m1/s1. The Morgan fingerprint density at radius 1 is 1.11 bits per heavy atom. The molecule has 1 aliphatic rings. The molecule has 0 bridgehead atoms. The molecule has 5 rings (SSSR count). The number of aromatic amines is 1. The molecule has 7 atom stereocenters. The second-order valence-electron chi connectivity index (χ2n) is 9.36. The van der Waals surface area contributed by atoms with E-state index in [4.69, 9.17) is 34.5 Å². The fourth-order valence-electron chi connectivity index (χ4n) is 4.44. The molecule has 244 valence electrons. The first kappa shape index (κ1) is 32.8. The average Bonchev–Trinajstić information content (AvgIpc) is 3.69. The van der Waals surface area contributed by atoms with Gasteiger partial charge in [0.2, 0.25) is 5.95 Å². The molecule has 5 heterocycles. The molecule has 0 aromatic carbocycles. The summed E-state index contributed by atoms with van der Waals surface area (Å²) >= 11 is 0. The van der Waals surface area contributed by atoms with Crippen LogP contribution in [0.1, 0.15) is 12.5 Å². The Labute approximate surface area is 250 Å². The number of ether oxygens (including phenoxy) is 2. The third kappa shape index (κ3) is 6.99. The van der Waals surface area contributed by atoms with Crippen molar-refractivity contribution in [1.29, 1.82) is 0 Å². The highest BCUT2D eigenvalue weighted by atomic mass is 31.2. The van der Waals surface area contributed by atoms with Crippen LogP contribution in [0.4, 0.5) is 11.8 Å². The number of nitrogen functional groups attached to an aromatic ring is 2. The van der Waals surface area contributed by atoms with Gasteiger partial charge in [-0.3, -0.25) is 28.0 Å². The van der Waals surface area contributed by atoms with E-state index in [2.05, 4.69) is 29.9 Å². The Hall–Kier alpha value is -3.57. The highest BCUT2D eigenvalue weighted by Gasteiger charge is 2.51. The van der Waals surface area contributed by atoms with Gasteiger partial charge in [0, 0.05) is 4.57 Å². The van der Waals surface area contributed by atoms with E-state index in [1.165, 1.54) is 10.9 Å². The van der Waals surface area contributed by atoms with Crippen LogP contribution in [-0.4, -0.2) is 115 Å². The van der Waals surface area contributed by atoms with E-state index in [0.717, 1.165) is 17.2 Å². The molecule has 1 aliphatic heterocycles. The number of fused-ring (bicyclic) bond motifs is 2. The second-order valence-corrected chi connectivity index (χ2v) is 11.5. The Kier molecular flexibility index (Phi) is 9.79. The van der Waals surface area contributed by atoms with Crippen LogP contribution in [-0.2, 0) is 32.2 Å². The number of nitrogens with two attached hydrogens (primary N) is 2. The third-order valence-electron chi connectivity index (χ3n) is 6.48. The van der Waals surface area contributed by atoms with Crippen molar-refractivity contribution in [3.63, 3.8) is 0 Å². The fourth-order valence-corrected chi connectivity index (χ4v) is 5.64. The molecule has 1 saturated heterocycles. The summed E-state index contributed by atoms with van der Waals surface area (Å²) in [6.07, 6.45) is -5.03. The number of H-pyrrole nitrogens is 1. The number of nitrogens with one attached hydrogen (secondary N) is 1. The van der Waals surface area contributed by atoms with Gasteiger partial charge in [-0.15, -0.1) is 9.42 Å². The van der Waals surface area contributed by atoms with Gasteiger partial charge < -0.3 is 41.2 Å². The van der Waals surface area contributed by atoms with Gasteiger partial charge in [-0.1, -0.05) is 0 Å². The number of hydrogen-bond acceptors (Lipinski definition) is 18. The van der Waals surface area contributed by atoms with Crippen molar-refractivity contribution >= 4 is 50.2 Å². The lowest BCUT2D eigenvalue weighted by Crippen LogP contribution is -2.35. The van der Waals surface area contributed by atoms with E-state index >= 15 is 0 Å². The summed E-state index contributed by atoms with van der Waals surface area (Å²) in [7, 11) is -8.28. The molecule has 0 radical (unpaired) electrons. The maximum atomic E-state index is 12.9. The van der Waals surface area contributed by atoms with Gasteiger partial charge in [0.15, 0.2) is 41.2 Å². The van der Waals surface area contributed by atoms with Gasteiger partial charge in [0.25, 0.3) is 5.56 Å². The van der Waals surface area contributed by atoms with E-state index < -0.39 is 84.9 Å². The Bertz CT molecular complexity index is 1780. The molecule has 0 spiro atoms. The van der Waals surface area contributed by atoms with E-state index in [1.54, 1.807) is 0 Å². The number of nitrogens with zero attached hydrogens (tertiary/aromatic N) is 7. The lowest BCUT2D eigenvalue weighted by Gasteiger charge is -2.25. The Morgan fingerprint density at radius 2 is 1.84 bits per heavy atom. The first-order valence-electron chi connectivity index (χ1n) is 12.7. The summed E-state index contributed by atoms with van der Waals surface area (Å²) in [5.41, 5.74) is 10.8. The van der Waals surface area contributed by atoms with Crippen molar-refractivity contribution in [3.8, 4) is 0 Å². The molecule has 25 heteroatoms. The highest BCUT2D eigenvalue weighted by molar-refractivity contribution is 7.47. The van der Waals surface area contributed by atoms with Crippen LogP contribution in [0.5, 0.6) is 0 Å². The number of anilines is 2. The fraction of sp³-hybridized carbons (Fsp3) is 0.500. The number of aliphatic hydroxyl groups excluding tert-OH is 3. The van der Waals surface area contributed by atoms with Gasteiger partial charge in [0.1, 0.15) is 36.8 Å². The molecule has 4 unspecified atom stereocenters. The summed E-state index contributed by atoms with van der Waals surface area (Å²) in [6, 6.07) is 0. The Balaban J connectivity index is 1.32. The van der Waals surface area contributed by atoms with Crippen molar-refractivity contribution in [2.75, 3.05) is 37.9 Å². The number of phosphoric acid groups is 1. The normalized spacial score (nSPS) is 22.8. The van der Waals surface area contributed by atoms with Crippen molar-refractivity contribution in [3.05, 3.63) is 29.3 Å². The molecule has 1 fully saturated rings. The summed E-state index contributed by atoms with van der Waals surface area (Å²) in [5, 5.41) is 29.9. The quantitative estimate of drug-likeness (QED) is 0.0635. The minimum Gasteiger partial charge on any atom is -0.394 e. The van der Waals surface area contributed by atoms with Crippen molar-refractivity contribution < 1.29 is 57.3 Å². The molecular weight excluding hydrogens is 650 g/mol. The van der Waals surface area contributed by atoms with E-state index in [1.807, 2.05) is 0 Å². The van der Waals surface area contributed by atoms with E-state index in [-0.39, 0.29) is 34.1 Å². The monoisotopic (exact) mass is 677 g/mol. The van der Waals surface area contributed by atoms with Crippen LogP contribution in [0.2, 0.25) is 0 Å². The molecular formula is C20H27N10O13P2+. The topological polar surface area (TPSA) is 341 Å². The minimum atomic E-state index is -5.01. The number of hydrogen-bond donors (Lipinski definition) is 8. The SMILES string of the molecule is Nc1nc2c(ncn2[C@@H](COP(=O)(O)OC[C@H]2O[C@@H](n3cnc4c(N)ncnc43)C(O)C2O[P+](=O)O)OC(CO)CO)c(=O)[nH]1. The summed E-state index contributed by atoms with van der Waals surface area (Å²) < 4.78 is 53.2. The first-order valence-corrected chi connectivity index (χ1v) is 15.4. The second kappa shape index (κ2) is 13.4. The van der Waals surface area contributed by atoms with Crippen molar-refractivity contribution in [2.45, 2.75) is 36.9 Å². The zero-order chi connectivity index (χ0) is 32.5. The number of aromatic nitrogens is 8. The van der Waals surface area contributed by atoms with Crippen LogP contribution in [0, 0.1) is 0 Å². The Morgan fingerprint density at radius 3 is 2.56 bits per heavy atom. The molecule has 0 amide bonds. The van der Waals surface area contributed by atoms with Gasteiger partial charge in [-0.25, -0.2) is 24.5 Å². The summed E-state index contributed by atoms with van der Waals surface area (Å²) in [5.74, 6) is -0.235. The minimum absolute atomic E-state index is 0.0389. The van der Waals surface area contributed by atoms with E-state index in [0.29, 0.717) is 0 Å². The van der Waals surface area contributed by atoms with Gasteiger partial charge >= 0.3 is 16.1 Å². The maximum Gasteiger partial charge on any atom is 0.695 e. The predicted molar refractivity (Wildman–Crippen MR) is 147 cm³/mol. The molecule has 0 aliphatic carbocycles. The molecule has 0 saturated carbocycles. The average molecular weight is 677 g/mol. The largest absolute Gasteiger partial charge is 0.695 e. The van der Waals surface area contributed by atoms with Gasteiger partial charge in [-0.2, -0.15) is 4.98 Å². The van der Waals surface area contributed by atoms with Gasteiger partial charge in [0.05, 0.1) is 32.5 Å². The van der Waals surface area contributed by atoms with Gasteiger partial charge in [-0.05, 0) is 0 Å². The smallest absolute Gasteiger partial charge is 0.394 e. The lowest BCUT2D eigenvalue weighted by molar-refractivity contribution is -0.110. The lowest BCUT2D eigenvalue weighted by atomic mass is 10.1. The third-order valence-corrected chi connectivity index (χ3v) is 7.86. The van der Waals surface area contributed by atoms with Crippen LogP contribution >= 0.6 is 16.1 Å². The van der Waals surface area contributed by atoms with E-state index in [9.17, 15) is 39.0 Å². The maximum absolute atomic E-state index is 12.9. The van der Waals surface area contributed by atoms with Crippen LogP contribution < -0.4 is 17.0 Å². The summed E-state index contributed by atoms with van der Waals surface area (Å²) in [6.45, 7) is -2.91. The first-order chi connectivity index (χ1) is 21.4. The number of imidazole rings is 2. The number of aliphatic hydroxyl groups is 3. The molecule has 4 aromatic rings. The molecule has 45 heavy (non-hydrogen) atoms. The summed E-state index contributed by atoms with van der Waals surface area (Å²) in [4.78, 5) is 54.1. The molecule has 4 aromatic heterocycles. The van der Waals surface area contributed by atoms with Crippen molar-refractivity contribution in [2.24, 2.45) is 0 Å². The zero-order valence-corrected chi connectivity index (χ0v) is 24.5. The van der Waals surface area contributed by atoms with Crippen LogP contribution in [0.15, 0.2) is 23.8 Å². The number of rotatable bonds is 14. The van der Waals surface area contributed by atoms with Crippen molar-refractivity contribution in [1.82, 2.24) is 39.0 Å². The molecule has 23 nitrogen and oxygen atoms in total. The highest BCUT2D eigenvalue weighted by Crippen LogP contribution is 2.46. The number of phosphoric ester groups is 1. The van der Waals surface area contributed by atoms with Crippen LogP contribution in [0.3, 0.4) is 0 Å². The molecule has 10 N–H and O–H groups in total. The predicted octanol–water partition coefficient (Wildman–Crippen LogP) is -2.58. The van der Waals surface area contributed by atoms with Crippen LogP contribution in [0.25, 0.3) is 22.3 Å². The zero-order valence-electron chi connectivity index (χ0n) is 22.7.